The molecule has 0 saturated heterocycles. The summed E-state index contributed by atoms with van der Waals surface area (Å²) in [6.07, 6.45) is 0. The fourth-order valence-electron chi connectivity index (χ4n) is 8.30. The second kappa shape index (κ2) is 8.69. The summed E-state index contributed by atoms with van der Waals surface area (Å²) < 4.78 is 2.40. The van der Waals surface area contributed by atoms with Gasteiger partial charge < -0.3 is 4.57 Å². The summed E-state index contributed by atoms with van der Waals surface area (Å²) in [6, 6.07) is 60.6. The van der Waals surface area contributed by atoms with Gasteiger partial charge in [-0.15, -0.1) is 0 Å². The second-order valence-electron chi connectivity index (χ2n) is 12.1. The standard InChI is InChI=1S/C43H27N/c1-6-19-37-31(14-1)32-15-2-7-20-38(32)43(37)39-21-8-3-16-33(39)36-27-29(24-25-40(36)43)28-12-11-13-30(26-28)44-41-22-9-4-17-34(41)35-18-5-10-23-42(35)44/h1-27H. The van der Waals surface area contributed by atoms with Gasteiger partial charge in [0, 0.05) is 16.5 Å². The number of para-hydroxylation sites is 2. The minimum Gasteiger partial charge on any atom is -0.309 e. The normalized spacial score (nSPS) is 13.6. The van der Waals surface area contributed by atoms with Gasteiger partial charge in [0.05, 0.1) is 16.4 Å². The number of fused-ring (bicyclic) bond motifs is 13. The van der Waals surface area contributed by atoms with Crippen LogP contribution in [0.15, 0.2) is 164 Å². The number of rotatable bonds is 2. The van der Waals surface area contributed by atoms with Gasteiger partial charge in [0.15, 0.2) is 0 Å². The van der Waals surface area contributed by atoms with Crippen LogP contribution >= 0.6 is 0 Å². The molecule has 1 heterocycles. The molecule has 1 aromatic heterocycles. The Morgan fingerprint density at radius 1 is 0.341 bits per heavy atom. The molecule has 0 bridgehead atoms. The Hall–Kier alpha value is -5.66. The minimum absolute atomic E-state index is 0.303. The van der Waals surface area contributed by atoms with Gasteiger partial charge in [-0.2, -0.15) is 0 Å². The average Bonchev–Trinajstić information content (AvgIpc) is 3.70. The number of aromatic nitrogens is 1. The van der Waals surface area contributed by atoms with E-state index in [-0.39, 0.29) is 5.41 Å². The van der Waals surface area contributed by atoms with Crippen molar-refractivity contribution in [3.05, 3.63) is 186 Å². The zero-order chi connectivity index (χ0) is 28.8. The Balaban J connectivity index is 1.20. The quantitative estimate of drug-likeness (QED) is 0.199. The van der Waals surface area contributed by atoms with Crippen molar-refractivity contribution >= 4 is 21.8 Å². The summed E-state index contributed by atoms with van der Waals surface area (Å²) in [4.78, 5) is 0. The second-order valence-corrected chi connectivity index (χ2v) is 12.1. The third kappa shape index (κ3) is 2.94. The van der Waals surface area contributed by atoms with Crippen molar-refractivity contribution in [1.82, 2.24) is 4.57 Å². The van der Waals surface area contributed by atoms with Gasteiger partial charge in [-0.3, -0.25) is 0 Å². The van der Waals surface area contributed by atoms with E-state index in [1.165, 1.54) is 83.1 Å². The summed E-state index contributed by atoms with van der Waals surface area (Å²) in [7, 11) is 0. The maximum absolute atomic E-state index is 2.43. The van der Waals surface area contributed by atoms with Gasteiger partial charge in [-0.1, -0.05) is 133 Å². The Kier molecular flexibility index (Phi) is 4.71. The highest BCUT2D eigenvalue weighted by Gasteiger charge is 2.51. The largest absolute Gasteiger partial charge is 0.309 e. The smallest absolute Gasteiger partial charge is 0.0725 e. The molecular formula is C43H27N. The lowest BCUT2D eigenvalue weighted by atomic mass is 9.70. The molecule has 0 atom stereocenters. The van der Waals surface area contributed by atoms with Gasteiger partial charge in [-0.05, 0) is 86.0 Å². The molecule has 0 aliphatic heterocycles. The van der Waals surface area contributed by atoms with Crippen LogP contribution in [0.3, 0.4) is 0 Å². The molecule has 0 unspecified atom stereocenters. The zero-order valence-corrected chi connectivity index (χ0v) is 24.0. The molecular weight excluding hydrogens is 530 g/mol. The highest BCUT2D eigenvalue weighted by Crippen LogP contribution is 2.62. The van der Waals surface area contributed by atoms with Crippen LogP contribution in [0.1, 0.15) is 22.3 Å². The number of benzene rings is 7. The van der Waals surface area contributed by atoms with Crippen LogP contribution in [0.4, 0.5) is 0 Å². The van der Waals surface area contributed by atoms with Gasteiger partial charge in [0.2, 0.25) is 0 Å². The van der Waals surface area contributed by atoms with Crippen LogP contribution in [-0.4, -0.2) is 4.57 Å². The molecule has 1 nitrogen and oxygen atoms in total. The average molecular weight is 558 g/mol. The molecule has 204 valence electrons. The molecule has 0 radical (unpaired) electrons. The third-order valence-corrected chi connectivity index (χ3v) is 10.0. The number of hydrogen-bond acceptors (Lipinski definition) is 0. The molecule has 1 spiro atoms. The van der Waals surface area contributed by atoms with Crippen molar-refractivity contribution in [1.29, 1.82) is 0 Å². The van der Waals surface area contributed by atoms with Crippen LogP contribution in [-0.2, 0) is 5.41 Å². The van der Waals surface area contributed by atoms with Crippen LogP contribution in [0, 0.1) is 0 Å². The van der Waals surface area contributed by atoms with E-state index in [9.17, 15) is 0 Å². The first-order chi connectivity index (χ1) is 21.8. The van der Waals surface area contributed by atoms with Crippen LogP contribution < -0.4 is 0 Å². The van der Waals surface area contributed by atoms with Crippen LogP contribution in [0.5, 0.6) is 0 Å². The van der Waals surface area contributed by atoms with E-state index in [0.29, 0.717) is 0 Å². The van der Waals surface area contributed by atoms with Gasteiger partial charge in [-0.25, -0.2) is 0 Å². The topological polar surface area (TPSA) is 4.93 Å². The monoisotopic (exact) mass is 557 g/mol. The molecule has 44 heavy (non-hydrogen) atoms. The van der Waals surface area contributed by atoms with Crippen molar-refractivity contribution in [2.45, 2.75) is 5.41 Å². The summed E-state index contributed by atoms with van der Waals surface area (Å²) in [5, 5.41) is 2.56. The van der Waals surface area contributed by atoms with E-state index in [0.717, 1.165) is 0 Å². The Labute approximate surface area is 256 Å². The predicted octanol–water partition coefficient (Wildman–Crippen LogP) is 10.8. The van der Waals surface area contributed by atoms with E-state index in [1.807, 2.05) is 0 Å². The maximum atomic E-state index is 2.43. The van der Waals surface area contributed by atoms with Gasteiger partial charge in [0.25, 0.3) is 0 Å². The lowest BCUT2D eigenvalue weighted by Crippen LogP contribution is -2.25. The first-order valence-corrected chi connectivity index (χ1v) is 15.4. The first-order valence-electron chi connectivity index (χ1n) is 15.4. The Morgan fingerprint density at radius 3 is 1.43 bits per heavy atom. The van der Waals surface area contributed by atoms with Crippen molar-refractivity contribution in [3.63, 3.8) is 0 Å². The molecule has 0 fully saturated rings. The third-order valence-electron chi connectivity index (χ3n) is 10.0. The summed E-state index contributed by atoms with van der Waals surface area (Å²) >= 11 is 0. The molecule has 2 aliphatic rings. The van der Waals surface area contributed by atoms with Crippen LogP contribution in [0.25, 0.3) is 60.9 Å². The van der Waals surface area contributed by atoms with Crippen molar-refractivity contribution < 1.29 is 0 Å². The molecule has 1 heteroatoms. The van der Waals surface area contributed by atoms with Crippen molar-refractivity contribution in [3.8, 4) is 39.1 Å². The molecule has 2 aliphatic carbocycles. The van der Waals surface area contributed by atoms with Gasteiger partial charge in [0.1, 0.15) is 0 Å². The number of nitrogens with zero attached hydrogens (tertiary/aromatic N) is 1. The fourth-order valence-corrected chi connectivity index (χ4v) is 8.30. The molecule has 8 aromatic rings. The fraction of sp³-hybridized carbons (Fsp3) is 0.0233. The van der Waals surface area contributed by atoms with Crippen LogP contribution in [0.2, 0.25) is 0 Å². The number of hydrogen-bond donors (Lipinski definition) is 0. The van der Waals surface area contributed by atoms with Crippen molar-refractivity contribution in [2.75, 3.05) is 0 Å². The van der Waals surface area contributed by atoms with E-state index in [2.05, 4.69) is 168 Å². The highest BCUT2D eigenvalue weighted by molar-refractivity contribution is 6.09. The lowest BCUT2D eigenvalue weighted by molar-refractivity contribution is 0.794. The maximum Gasteiger partial charge on any atom is 0.0725 e. The van der Waals surface area contributed by atoms with E-state index >= 15 is 0 Å². The van der Waals surface area contributed by atoms with E-state index in [4.69, 9.17) is 0 Å². The summed E-state index contributed by atoms with van der Waals surface area (Å²) in [6.45, 7) is 0. The molecule has 10 rings (SSSR count). The summed E-state index contributed by atoms with van der Waals surface area (Å²) in [5.74, 6) is 0. The molecule has 0 N–H and O–H groups in total. The molecule has 0 saturated carbocycles. The summed E-state index contributed by atoms with van der Waals surface area (Å²) in [5.41, 5.74) is 16.6. The molecule has 7 aromatic carbocycles. The van der Waals surface area contributed by atoms with E-state index < -0.39 is 0 Å². The van der Waals surface area contributed by atoms with E-state index in [1.54, 1.807) is 0 Å². The highest BCUT2D eigenvalue weighted by atomic mass is 15.0. The Morgan fingerprint density at radius 2 is 0.818 bits per heavy atom. The van der Waals surface area contributed by atoms with Gasteiger partial charge >= 0.3 is 0 Å². The lowest BCUT2D eigenvalue weighted by Gasteiger charge is -2.30. The SMILES string of the molecule is c1cc(-c2ccc3c(c2)-c2ccccc2C32c3ccccc3-c3ccccc32)cc(-n2c3ccccc3c3ccccc32)c1. The predicted molar refractivity (Wildman–Crippen MR) is 183 cm³/mol. The Bertz CT molecular complexity index is 2360. The zero-order valence-electron chi connectivity index (χ0n) is 24.0. The van der Waals surface area contributed by atoms with Crippen molar-refractivity contribution in [2.24, 2.45) is 0 Å². The minimum atomic E-state index is -0.303. The molecule has 0 amide bonds. The first kappa shape index (κ1) is 23.9.